The Morgan fingerprint density at radius 2 is 1.56 bits per heavy atom. The average Bonchev–Trinajstić information content (AvgIpc) is 2.66. The number of amides is 2. The number of imide groups is 1. The van der Waals surface area contributed by atoms with Crippen LogP contribution in [0.2, 0.25) is 0 Å². The van der Waals surface area contributed by atoms with E-state index in [4.69, 9.17) is 12.2 Å². The molecule has 5 nitrogen and oxygen atoms in total. The Morgan fingerprint density at radius 1 is 0.926 bits per heavy atom. The van der Waals surface area contributed by atoms with Crippen molar-refractivity contribution in [2.45, 2.75) is 13.8 Å². The molecule has 0 saturated carbocycles. The highest BCUT2D eigenvalue weighted by atomic mass is 32.1. The normalized spacial score (nSPS) is 13.0. The van der Waals surface area contributed by atoms with Gasteiger partial charge in [0.1, 0.15) is 0 Å². The first-order valence-corrected chi connectivity index (χ1v) is 8.92. The van der Waals surface area contributed by atoms with E-state index in [9.17, 15) is 9.59 Å². The highest BCUT2D eigenvalue weighted by Crippen LogP contribution is 2.29. The molecular weight excluding hydrogens is 358 g/mol. The van der Waals surface area contributed by atoms with Gasteiger partial charge in [0.15, 0.2) is 5.11 Å². The summed E-state index contributed by atoms with van der Waals surface area (Å²) in [5.74, 6) is -0.844. The minimum Gasteiger partial charge on any atom is -0.331 e. The Morgan fingerprint density at radius 3 is 2.19 bits per heavy atom. The maximum Gasteiger partial charge on any atom is 0.280 e. The average molecular weight is 375 g/mol. The number of thiocarbonyl (C=S) groups is 1. The quantitative estimate of drug-likeness (QED) is 0.525. The van der Waals surface area contributed by atoms with Crippen molar-refractivity contribution in [1.82, 2.24) is 10.4 Å². The van der Waals surface area contributed by atoms with Gasteiger partial charge in [-0.15, -0.1) is 0 Å². The van der Waals surface area contributed by atoms with Crippen molar-refractivity contribution < 1.29 is 9.59 Å². The van der Waals surface area contributed by atoms with Gasteiger partial charge in [-0.05, 0) is 60.8 Å². The number of carbonyl (C=O) groups is 2. The fourth-order valence-electron chi connectivity index (χ4n) is 3.25. The second kappa shape index (κ2) is 6.48. The van der Waals surface area contributed by atoms with Crippen molar-refractivity contribution in [3.05, 3.63) is 76.9 Å². The molecule has 2 N–H and O–H groups in total. The lowest BCUT2D eigenvalue weighted by atomic mass is 9.95. The lowest BCUT2D eigenvalue weighted by Gasteiger charge is -2.28. The first-order valence-electron chi connectivity index (χ1n) is 8.51. The number of benzene rings is 3. The van der Waals surface area contributed by atoms with Crippen LogP contribution in [0.1, 0.15) is 31.8 Å². The van der Waals surface area contributed by atoms with Crippen molar-refractivity contribution in [3.8, 4) is 0 Å². The number of nitrogens with zero attached hydrogens (tertiary/aromatic N) is 1. The van der Waals surface area contributed by atoms with E-state index in [0.717, 1.165) is 27.2 Å². The summed E-state index contributed by atoms with van der Waals surface area (Å²) < 4.78 is 0. The topological polar surface area (TPSA) is 61.4 Å². The molecule has 0 saturated heterocycles. The first kappa shape index (κ1) is 17.2. The maximum absolute atomic E-state index is 12.9. The number of hydrogen-bond donors (Lipinski definition) is 2. The minimum atomic E-state index is -0.422. The minimum absolute atomic E-state index is 0.178. The number of aryl methyl sites for hydroxylation is 2. The van der Waals surface area contributed by atoms with Crippen LogP contribution in [0, 0.1) is 13.8 Å². The predicted octanol–water partition coefficient (Wildman–Crippen LogP) is 3.95. The number of carbonyl (C=O) groups excluding carboxylic acids is 2. The molecule has 2 amide bonds. The zero-order valence-corrected chi connectivity index (χ0v) is 15.7. The fourth-order valence-corrected chi connectivity index (χ4v) is 3.46. The summed E-state index contributed by atoms with van der Waals surface area (Å²) in [7, 11) is 0. The largest absolute Gasteiger partial charge is 0.331 e. The van der Waals surface area contributed by atoms with Crippen molar-refractivity contribution in [1.29, 1.82) is 0 Å². The Balaban J connectivity index is 1.63. The molecule has 134 valence electrons. The summed E-state index contributed by atoms with van der Waals surface area (Å²) in [6, 6.07) is 16.8. The standard InChI is InChI=1S/C21H17N3O2S/c1-12-9-10-13(2)17(11-12)22-21(27)23-24-19(25)15-7-3-5-14-6-4-8-16(18(14)15)20(24)26/h3-11H,1-2H3,(H2,22,23,27). The van der Waals surface area contributed by atoms with Gasteiger partial charge in [0, 0.05) is 11.1 Å². The molecule has 3 aromatic rings. The molecule has 0 fully saturated rings. The number of hydrogen-bond acceptors (Lipinski definition) is 3. The monoisotopic (exact) mass is 375 g/mol. The summed E-state index contributed by atoms with van der Waals surface area (Å²) in [6.45, 7) is 3.94. The van der Waals surface area contributed by atoms with Crippen LogP contribution >= 0.6 is 12.2 Å². The Kier molecular flexibility index (Phi) is 4.12. The molecule has 27 heavy (non-hydrogen) atoms. The lowest BCUT2D eigenvalue weighted by molar-refractivity contribution is 0.0568. The molecule has 0 aliphatic carbocycles. The van der Waals surface area contributed by atoms with Crippen LogP contribution in [0.5, 0.6) is 0 Å². The number of rotatable bonds is 2. The third-order valence-corrected chi connectivity index (χ3v) is 4.82. The van der Waals surface area contributed by atoms with E-state index in [1.807, 2.05) is 44.2 Å². The Labute approximate surface area is 162 Å². The number of nitrogens with one attached hydrogen (secondary N) is 2. The van der Waals surface area contributed by atoms with Crippen LogP contribution in [0.3, 0.4) is 0 Å². The molecule has 3 aromatic carbocycles. The molecule has 6 heteroatoms. The number of hydrazine groups is 1. The third-order valence-electron chi connectivity index (χ3n) is 4.63. The Bertz CT molecular complexity index is 1070. The highest BCUT2D eigenvalue weighted by Gasteiger charge is 2.33. The molecule has 0 spiro atoms. The first-order chi connectivity index (χ1) is 13.0. The summed E-state index contributed by atoms with van der Waals surface area (Å²) in [6.07, 6.45) is 0. The molecule has 1 aliphatic heterocycles. The second-order valence-electron chi connectivity index (χ2n) is 6.54. The molecular formula is C21H17N3O2S. The van der Waals surface area contributed by atoms with Gasteiger partial charge < -0.3 is 5.32 Å². The van der Waals surface area contributed by atoms with E-state index in [-0.39, 0.29) is 5.11 Å². The van der Waals surface area contributed by atoms with Crippen molar-refractivity contribution in [2.75, 3.05) is 5.32 Å². The zero-order valence-electron chi connectivity index (χ0n) is 14.9. The van der Waals surface area contributed by atoms with E-state index < -0.39 is 11.8 Å². The molecule has 1 heterocycles. The summed E-state index contributed by atoms with van der Waals surface area (Å²) >= 11 is 5.34. The van der Waals surface area contributed by atoms with E-state index in [0.29, 0.717) is 16.5 Å². The third kappa shape index (κ3) is 2.94. The second-order valence-corrected chi connectivity index (χ2v) is 6.95. The molecule has 0 aromatic heterocycles. The van der Waals surface area contributed by atoms with Gasteiger partial charge in [-0.1, -0.05) is 36.4 Å². The smallest absolute Gasteiger partial charge is 0.280 e. The number of anilines is 1. The van der Waals surface area contributed by atoms with Gasteiger partial charge in [0.2, 0.25) is 0 Å². The zero-order chi connectivity index (χ0) is 19.1. The van der Waals surface area contributed by atoms with E-state index >= 15 is 0 Å². The van der Waals surface area contributed by atoms with Gasteiger partial charge in [-0.2, -0.15) is 5.01 Å². The summed E-state index contributed by atoms with van der Waals surface area (Å²) in [4.78, 5) is 25.8. The highest BCUT2D eigenvalue weighted by molar-refractivity contribution is 7.80. The van der Waals surface area contributed by atoms with Crippen LogP contribution in [0.15, 0.2) is 54.6 Å². The van der Waals surface area contributed by atoms with Crippen LogP contribution < -0.4 is 10.7 Å². The van der Waals surface area contributed by atoms with Crippen molar-refractivity contribution in [3.63, 3.8) is 0 Å². The molecule has 0 atom stereocenters. The van der Waals surface area contributed by atoms with Crippen molar-refractivity contribution >= 4 is 45.6 Å². The lowest BCUT2D eigenvalue weighted by Crippen LogP contribution is -2.52. The fraction of sp³-hybridized carbons (Fsp3) is 0.0952. The summed E-state index contributed by atoms with van der Waals surface area (Å²) in [5.41, 5.74) is 6.62. The van der Waals surface area contributed by atoms with Crippen LogP contribution in [-0.2, 0) is 0 Å². The molecule has 0 unspecified atom stereocenters. The molecule has 1 aliphatic rings. The predicted molar refractivity (Wildman–Crippen MR) is 110 cm³/mol. The van der Waals surface area contributed by atoms with Gasteiger partial charge in [0.25, 0.3) is 11.8 Å². The van der Waals surface area contributed by atoms with E-state index in [1.165, 1.54) is 0 Å². The summed E-state index contributed by atoms with van der Waals surface area (Å²) in [5, 5.41) is 5.76. The van der Waals surface area contributed by atoms with Crippen LogP contribution in [0.4, 0.5) is 5.69 Å². The molecule has 0 radical (unpaired) electrons. The van der Waals surface area contributed by atoms with Crippen molar-refractivity contribution in [2.24, 2.45) is 0 Å². The van der Waals surface area contributed by atoms with E-state index in [1.54, 1.807) is 24.3 Å². The Hall–Kier alpha value is -3.25. The van der Waals surface area contributed by atoms with E-state index in [2.05, 4.69) is 10.7 Å². The van der Waals surface area contributed by atoms with Gasteiger partial charge >= 0.3 is 0 Å². The van der Waals surface area contributed by atoms with Crippen LogP contribution in [-0.4, -0.2) is 21.9 Å². The van der Waals surface area contributed by atoms with Gasteiger partial charge in [-0.3, -0.25) is 15.0 Å². The van der Waals surface area contributed by atoms with Gasteiger partial charge in [-0.25, -0.2) is 0 Å². The SMILES string of the molecule is Cc1ccc(C)c(NC(=S)NN2C(=O)c3cccc4cccc(c34)C2=O)c1. The maximum atomic E-state index is 12.9. The van der Waals surface area contributed by atoms with Gasteiger partial charge in [0.05, 0.1) is 11.1 Å². The van der Waals surface area contributed by atoms with Crippen LogP contribution in [0.25, 0.3) is 10.8 Å². The molecule has 4 rings (SSSR count). The molecule has 0 bridgehead atoms.